The van der Waals surface area contributed by atoms with Crippen molar-refractivity contribution < 1.29 is 13.8 Å². The quantitative estimate of drug-likeness (QED) is 0.568. The molecule has 24 heavy (non-hydrogen) atoms. The molecule has 0 unspecified atom stereocenters. The highest BCUT2D eigenvalue weighted by atomic mass is 19.1. The Kier molecular flexibility index (Phi) is 3.63. The molecule has 0 radical (unpaired) electrons. The average molecular weight is 321 g/mol. The number of hydrogen-bond donors (Lipinski definition) is 0. The van der Waals surface area contributed by atoms with Crippen LogP contribution in [0.5, 0.6) is 5.75 Å². The van der Waals surface area contributed by atoms with Crippen molar-refractivity contribution in [3.05, 3.63) is 72.3 Å². The van der Waals surface area contributed by atoms with E-state index in [4.69, 9.17) is 4.74 Å². The molecular formula is C18H12FN3O2. The molecule has 4 rings (SSSR count). The monoisotopic (exact) mass is 321 g/mol. The summed E-state index contributed by atoms with van der Waals surface area (Å²) in [5.74, 6) is -0.218. The van der Waals surface area contributed by atoms with Crippen molar-refractivity contribution in [1.29, 1.82) is 0 Å². The molecule has 0 saturated carbocycles. The molecule has 0 fully saturated rings. The van der Waals surface area contributed by atoms with E-state index in [2.05, 4.69) is 19.9 Å². The number of ether oxygens (including phenoxy) is 1. The molecule has 0 saturated heterocycles. The summed E-state index contributed by atoms with van der Waals surface area (Å²) in [5, 5.41) is 7.53. The summed E-state index contributed by atoms with van der Waals surface area (Å²) in [4.78, 5) is 4.02. The van der Waals surface area contributed by atoms with Gasteiger partial charge >= 0.3 is 0 Å². The minimum absolute atomic E-state index is 0.190. The molecule has 0 aliphatic heterocycles. The van der Waals surface area contributed by atoms with E-state index >= 15 is 0 Å². The Morgan fingerprint density at radius 3 is 2.79 bits per heavy atom. The van der Waals surface area contributed by atoms with E-state index in [1.807, 2.05) is 6.07 Å². The van der Waals surface area contributed by atoms with Gasteiger partial charge in [0, 0.05) is 23.5 Å². The third-order valence-corrected chi connectivity index (χ3v) is 3.65. The van der Waals surface area contributed by atoms with Crippen molar-refractivity contribution in [2.45, 2.75) is 6.61 Å². The molecule has 6 heteroatoms. The molecular weight excluding hydrogens is 309 g/mol. The predicted octanol–water partition coefficient (Wildman–Crippen LogP) is 4.00. The summed E-state index contributed by atoms with van der Waals surface area (Å²) in [6, 6.07) is 14.1. The second kappa shape index (κ2) is 6.08. The number of aromatic nitrogens is 3. The summed E-state index contributed by atoms with van der Waals surface area (Å²) in [5.41, 5.74) is 3.32. The average Bonchev–Trinajstić information content (AvgIpc) is 3.09. The second-order valence-electron chi connectivity index (χ2n) is 5.24. The van der Waals surface area contributed by atoms with E-state index in [0.717, 1.165) is 5.56 Å². The first-order chi connectivity index (χ1) is 11.8. The molecule has 0 aliphatic carbocycles. The SMILES string of the molecule is Fc1c(OCc2ccc3nonc3c2)cccc1-c1cccnc1. The lowest BCUT2D eigenvalue weighted by atomic mass is 10.1. The topological polar surface area (TPSA) is 61.0 Å². The molecule has 0 aliphatic rings. The van der Waals surface area contributed by atoms with Crippen LogP contribution in [0.1, 0.15) is 5.56 Å². The predicted molar refractivity (Wildman–Crippen MR) is 85.8 cm³/mol. The summed E-state index contributed by atoms with van der Waals surface area (Å²) >= 11 is 0. The smallest absolute Gasteiger partial charge is 0.172 e. The van der Waals surface area contributed by atoms with Gasteiger partial charge in [-0.3, -0.25) is 4.98 Å². The van der Waals surface area contributed by atoms with E-state index in [9.17, 15) is 4.39 Å². The van der Waals surface area contributed by atoms with Gasteiger partial charge in [0.1, 0.15) is 17.6 Å². The number of benzene rings is 2. The molecule has 0 amide bonds. The fraction of sp³-hybridized carbons (Fsp3) is 0.0556. The Morgan fingerprint density at radius 1 is 1.00 bits per heavy atom. The molecule has 5 nitrogen and oxygen atoms in total. The Hall–Kier alpha value is -3.28. The second-order valence-corrected chi connectivity index (χ2v) is 5.24. The minimum atomic E-state index is -0.408. The first kappa shape index (κ1) is 14.3. The Morgan fingerprint density at radius 2 is 1.92 bits per heavy atom. The zero-order valence-electron chi connectivity index (χ0n) is 12.5. The normalized spacial score (nSPS) is 10.9. The van der Waals surface area contributed by atoms with Crippen molar-refractivity contribution in [2.24, 2.45) is 0 Å². The largest absolute Gasteiger partial charge is 0.486 e. The minimum Gasteiger partial charge on any atom is -0.486 e. The highest BCUT2D eigenvalue weighted by molar-refractivity contribution is 5.73. The lowest BCUT2D eigenvalue weighted by molar-refractivity contribution is 0.291. The summed E-state index contributed by atoms with van der Waals surface area (Å²) in [7, 11) is 0. The number of pyridine rings is 1. The van der Waals surface area contributed by atoms with Crippen molar-refractivity contribution in [2.75, 3.05) is 0 Å². The van der Waals surface area contributed by atoms with E-state index in [1.54, 1.807) is 54.9 Å². The highest BCUT2D eigenvalue weighted by Gasteiger charge is 2.11. The molecule has 2 heterocycles. The third-order valence-electron chi connectivity index (χ3n) is 3.65. The zero-order chi connectivity index (χ0) is 16.4. The van der Waals surface area contributed by atoms with Crippen LogP contribution in [0.15, 0.2) is 65.6 Å². The number of rotatable bonds is 4. The first-order valence-corrected chi connectivity index (χ1v) is 7.34. The van der Waals surface area contributed by atoms with Gasteiger partial charge in [-0.2, -0.15) is 0 Å². The number of nitrogens with zero attached hydrogens (tertiary/aromatic N) is 3. The third kappa shape index (κ3) is 2.69. The van der Waals surface area contributed by atoms with Crippen LogP contribution in [-0.2, 0) is 6.61 Å². The van der Waals surface area contributed by atoms with Crippen LogP contribution >= 0.6 is 0 Å². The van der Waals surface area contributed by atoms with Crippen LogP contribution in [0.3, 0.4) is 0 Å². The molecule has 2 aromatic carbocycles. The molecule has 2 aromatic heterocycles. The number of halogens is 1. The van der Waals surface area contributed by atoms with Gasteiger partial charge in [0.2, 0.25) is 0 Å². The van der Waals surface area contributed by atoms with Gasteiger partial charge in [-0.25, -0.2) is 9.02 Å². The van der Waals surface area contributed by atoms with E-state index in [0.29, 0.717) is 22.2 Å². The fourth-order valence-electron chi connectivity index (χ4n) is 2.45. The van der Waals surface area contributed by atoms with Crippen molar-refractivity contribution >= 4 is 11.0 Å². The summed E-state index contributed by atoms with van der Waals surface area (Å²) in [6.45, 7) is 0.218. The van der Waals surface area contributed by atoms with E-state index in [-0.39, 0.29) is 12.4 Å². The van der Waals surface area contributed by atoms with Gasteiger partial charge in [-0.15, -0.1) is 0 Å². The Balaban J connectivity index is 1.58. The maximum absolute atomic E-state index is 14.7. The molecule has 4 aromatic rings. The zero-order valence-corrected chi connectivity index (χ0v) is 12.5. The summed E-state index contributed by atoms with van der Waals surface area (Å²) < 4.78 is 25.0. The van der Waals surface area contributed by atoms with Crippen molar-refractivity contribution in [3.8, 4) is 16.9 Å². The lowest BCUT2D eigenvalue weighted by Crippen LogP contribution is -1.98. The van der Waals surface area contributed by atoms with Crippen LogP contribution in [0.2, 0.25) is 0 Å². The summed E-state index contributed by atoms with van der Waals surface area (Å²) in [6.07, 6.45) is 3.27. The van der Waals surface area contributed by atoms with Crippen LogP contribution < -0.4 is 4.74 Å². The Bertz CT molecular complexity index is 986. The van der Waals surface area contributed by atoms with Gasteiger partial charge in [-0.05, 0) is 40.1 Å². The van der Waals surface area contributed by atoms with Crippen molar-refractivity contribution in [1.82, 2.24) is 15.3 Å². The maximum Gasteiger partial charge on any atom is 0.172 e. The molecule has 0 atom stereocenters. The first-order valence-electron chi connectivity index (χ1n) is 7.34. The van der Waals surface area contributed by atoms with Crippen molar-refractivity contribution in [3.63, 3.8) is 0 Å². The van der Waals surface area contributed by atoms with Crippen LogP contribution in [0.25, 0.3) is 22.2 Å². The lowest BCUT2D eigenvalue weighted by Gasteiger charge is -2.10. The van der Waals surface area contributed by atoms with Gasteiger partial charge in [-0.1, -0.05) is 24.3 Å². The molecule has 0 bridgehead atoms. The maximum atomic E-state index is 14.7. The number of fused-ring (bicyclic) bond motifs is 1. The highest BCUT2D eigenvalue weighted by Crippen LogP contribution is 2.29. The van der Waals surface area contributed by atoms with Gasteiger partial charge in [0.25, 0.3) is 0 Å². The number of hydrogen-bond acceptors (Lipinski definition) is 5. The van der Waals surface area contributed by atoms with Gasteiger partial charge < -0.3 is 4.74 Å². The van der Waals surface area contributed by atoms with Crippen LogP contribution in [0.4, 0.5) is 4.39 Å². The van der Waals surface area contributed by atoms with Gasteiger partial charge in [0.05, 0.1) is 0 Å². The van der Waals surface area contributed by atoms with Crippen LogP contribution in [-0.4, -0.2) is 15.3 Å². The molecule has 0 N–H and O–H groups in total. The molecule has 0 spiro atoms. The Labute approximate surface area is 136 Å². The van der Waals surface area contributed by atoms with E-state index in [1.165, 1.54) is 0 Å². The standard InChI is InChI=1S/C18H12FN3O2/c19-18-14(13-3-2-8-20-10-13)4-1-5-17(18)23-11-12-6-7-15-16(9-12)22-24-21-15/h1-10H,11H2. The van der Waals surface area contributed by atoms with E-state index < -0.39 is 5.82 Å². The van der Waals surface area contributed by atoms with Crippen LogP contribution in [0, 0.1) is 5.82 Å². The fourth-order valence-corrected chi connectivity index (χ4v) is 2.45. The van der Waals surface area contributed by atoms with Gasteiger partial charge in [0.15, 0.2) is 11.6 Å². The molecule has 118 valence electrons.